The SMILES string of the molecule is Cc1ccc(F)c(C2(O)CCN(C(C)C)CC2)c1. The van der Waals surface area contributed by atoms with Crippen LogP contribution in [0, 0.1) is 12.7 Å². The summed E-state index contributed by atoms with van der Waals surface area (Å²) in [5, 5.41) is 10.7. The van der Waals surface area contributed by atoms with E-state index in [4.69, 9.17) is 0 Å². The van der Waals surface area contributed by atoms with Gasteiger partial charge in [0.05, 0.1) is 5.60 Å². The van der Waals surface area contributed by atoms with E-state index < -0.39 is 5.60 Å². The Balaban J connectivity index is 2.20. The van der Waals surface area contributed by atoms with E-state index in [0.29, 0.717) is 24.4 Å². The Morgan fingerprint density at radius 3 is 2.44 bits per heavy atom. The first-order valence-electron chi connectivity index (χ1n) is 6.65. The van der Waals surface area contributed by atoms with Gasteiger partial charge in [0, 0.05) is 24.7 Å². The molecule has 0 saturated carbocycles. The molecule has 1 aliphatic heterocycles. The summed E-state index contributed by atoms with van der Waals surface area (Å²) in [6.45, 7) is 7.87. The highest BCUT2D eigenvalue weighted by molar-refractivity contribution is 5.29. The van der Waals surface area contributed by atoms with Crippen LogP contribution < -0.4 is 0 Å². The molecule has 0 amide bonds. The van der Waals surface area contributed by atoms with Crippen molar-refractivity contribution < 1.29 is 9.50 Å². The van der Waals surface area contributed by atoms with Crippen LogP contribution >= 0.6 is 0 Å². The molecule has 1 heterocycles. The van der Waals surface area contributed by atoms with Crippen LogP contribution in [0.25, 0.3) is 0 Å². The maximum Gasteiger partial charge on any atom is 0.129 e. The van der Waals surface area contributed by atoms with E-state index in [9.17, 15) is 9.50 Å². The summed E-state index contributed by atoms with van der Waals surface area (Å²) < 4.78 is 13.9. The molecule has 2 rings (SSSR count). The molecule has 2 nitrogen and oxygen atoms in total. The summed E-state index contributed by atoms with van der Waals surface area (Å²) in [4.78, 5) is 2.32. The van der Waals surface area contributed by atoms with E-state index in [1.54, 1.807) is 12.1 Å². The number of hydrogen-bond donors (Lipinski definition) is 1. The van der Waals surface area contributed by atoms with Crippen LogP contribution in [-0.2, 0) is 5.60 Å². The molecule has 0 bridgehead atoms. The molecule has 0 unspecified atom stereocenters. The molecule has 3 heteroatoms. The standard InChI is InChI=1S/C15H22FNO/c1-11(2)17-8-6-15(18,7-9-17)13-10-12(3)4-5-14(13)16/h4-5,10-11,18H,6-9H2,1-3H3. The van der Waals surface area contributed by atoms with Gasteiger partial charge < -0.3 is 10.0 Å². The monoisotopic (exact) mass is 251 g/mol. The van der Waals surface area contributed by atoms with Gasteiger partial charge in [0.2, 0.25) is 0 Å². The summed E-state index contributed by atoms with van der Waals surface area (Å²) in [6, 6.07) is 5.46. The topological polar surface area (TPSA) is 23.5 Å². The molecule has 0 aliphatic carbocycles. The molecule has 1 aliphatic rings. The summed E-state index contributed by atoms with van der Waals surface area (Å²) in [6.07, 6.45) is 1.21. The molecular weight excluding hydrogens is 229 g/mol. The van der Waals surface area contributed by atoms with Crippen molar-refractivity contribution in [3.05, 3.63) is 35.1 Å². The van der Waals surface area contributed by atoms with Crippen molar-refractivity contribution in [3.63, 3.8) is 0 Å². The highest BCUT2D eigenvalue weighted by Gasteiger charge is 2.36. The van der Waals surface area contributed by atoms with Gasteiger partial charge >= 0.3 is 0 Å². The van der Waals surface area contributed by atoms with Crippen molar-refractivity contribution in [1.82, 2.24) is 4.90 Å². The molecule has 0 aromatic heterocycles. The maximum atomic E-state index is 13.9. The quantitative estimate of drug-likeness (QED) is 0.873. The first-order chi connectivity index (χ1) is 8.42. The fourth-order valence-electron chi connectivity index (χ4n) is 2.68. The third-order valence-electron chi connectivity index (χ3n) is 3.98. The first-order valence-corrected chi connectivity index (χ1v) is 6.65. The van der Waals surface area contributed by atoms with Crippen LogP contribution in [0.5, 0.6) is 0 Å². The predicted octanol–water partition coefficient (Wildman–Crippen LogP) is 2.83. The number of piperidine rings is 1. The van der Waals surface area contributed by atoms with Crippen LogP contribution in [0.1, 0.15) is 37.8 Å². The first kappa shape index (κ1) is 13.5. The Labute approximate surface area is 108 Å². The number of halogens is 1. The molecule has 1 saturated heterocycles. The number of aryl methyl sites for hydroxylation is 1. The van der Waals surface area contributed by atoms with Crippen molar-refractivity contribution in [2.75, 3.05) is 13.1 Å². The lowest BCUT2D eigenvalue weighted by molar-refractivity contribution is -0.0348. The maximum absolute atomic E-state index is 13.9. The number of nitrogens with zero attached hydrogens (tertiary/aromatic N) is 1. The molecule has 1 N–H and O–H groups in total. The Bertz CT molecular complexity index is 423. The minimum atomic E-state index is -0.999. The summed E-state index contributed by atoms with van der Waals surface area (Å²) >= 11 is 0. The second-order valence-electron chi connectivity index (χ2n) is 5.64. The largest absolute Gasteiger partial charge is 0.385 e. The lowest BCUT2D eigenvalue weighted by Crippen LogP contribution is -2.45. The molecule has 18 heavy (non-hydrogen) atoms. The van der Waals surface area contributed by atoms with Gasteiger partial charge in [0.15, 0.2) is 0 Å². The Morgan fingerprint density at radius 1 is 1.28 bits per heavy atom. The summed E-state index contributed by atoms with van der Waals surface area (Å²) in [7, 11) is 0. The van der Waals surface area contributed by atoms with Gasteiger partial charge in [-0.05, 0) is 39.7 Å². The van der Waals surface area contributed by atoms with E-state index in [0.717, 1.165) is 18.7 Å². The number of hydrogen-bond acceptors (Lipinski definition) is 2. The number of aliphatic hydroxyl groups is 1. The van der Waals surface area contributed by atoms with Gasteiger partial charge in [-0.2, -0.15) is 0 Å². The van der Waals surface area contributed by atoms with Crippen molar-refractivity contribution in [2.45, 2.75) is 45.3 Å². The lowest BCUT2D eigenvalue weighted by atomic mass is 9.83. The van der Waals surface area contributed by atoms with Crippen molar-refractivity contribution in [2.24, 2.45) is 0 Å². The Hall–Kier alpha value is -0.930. The van der Waals surface area contributed by atoms with Crippen LogP contribution in [0.2, 0.25) is 0 Å². The van der Waals surface area contributed by atoms with Crippen LogP contribution in [0.15, 0.2) is 18.2 Å². The normalized spacial score (nSPS) is 20.3. The van der Waals surface area contributed by atoms with E-state index in [1.807, 2.05) is 6.92 Å². The second kappa shape index (κ2) is 4.98. The fourth-order valence-corrected chi connectivity index (χ4v) is 2.68. The highest BCUT2D eigenvalue weighted by Crippen LogP contribution is 2.35. The zero-order chi connectivity index (χ0) is 13.3. The average Bonchev–Trinajstić information content (AvgIpc) is 2.32. The number of benzene rings is 1. The zero-order valence-corrected chi connectivity index (χ0v) is 11.4. The molecule has 0 atom stereocenters. The second-order valence-corrected chi connectivity index (χ2v) is 5.64. The molecular formula is C15H22FNO. The van der Waals surface area contributed by atoms with Crippen LogP contribution in [0.4, 0.5) is 4.39 Å². The smallest absolute Gasteiger partial charge is 0.129 e. The summed E-state index contributed by atoms with van der Waals surface area (Å²) in [5.41, 5.74) is 0.457. The van der Waals surface area contributed by atoms with Gasteiger partial charge in [-0.15, -0.1) is 0 Å². The lowest BCUT2D eigenvalue weighted by Gasteiger charge is -2.40. The van der Waals surface area contributed by atoms with Gasteiger partial charge in [-0.25, -0.2) is 4.39 Å². The van der Waals surface area contributed by atoms with Crippen LogP contribution in [0.3, 0.4) is 0 Å². The van der Waals surface area contributed by atoms with E-state index in [-0.39, 0.29) is 5.82 Å². The molecule has 1 fully saturated rings. The predicted molar refractivity (Wildman–Crippen MR) is 71.0 cm³/mol. The molecule has 0 spiro atoms. The van der Waals surface area contributed by atoms with Crippen molar-refractivity contribution >= 4 is 0 Å². The van der Waals surface area contributed by atoms with E-state index in [1.165, 1.54) is 6.07 Å². The van der Waals surface area contributed by atoms with Crippen molar-refractivity contribution in [1.29, 1.82) is 0 Å². The Morgan fingerprint density at radius 2 is 1.89 bits per heavy atom. The number of rotatable bonds is 2. The van der Waals surface area contributed by atoms with Crippen LogP contribution in [-0.4, -0.2) is 29.1 Å². The minimum Gasteiger partial charge on any atom is -0.385 e. The van der Waals surface area contributed by atoms with E-state index in [2.05, 4.69) is 18.7 Å². The molecule has 0 radical (unpaired) electrons. The van der Waals surface area contributed by atoms with Crippen molar-refractivity contribution in [3.8, 4) is 0 Å². The van der Waals surface area contributed by atoms with Gasteiger partial charge in [-0.1, -0.05) is 17.7 Å². The fraction of sp³-hybridized carbons (Fsp3) is 0.600. The van der Waals surface area contributed by atoms with Gasteiger partial charge in [0.1, 0.15) is 5.82 Å². The van der Waals surface area contributed by atoms with Gasteiger partial charge in [0.25, 0.3) is 0 Å². The number of likely N-dealkylation sites (tertiary alicyclic amines) is 1. The molecule has 1 aromatic carbocycles. The minimum absolute atomic E-state index is 0.291. The Kier molecular flexibility index (Phi) is 3.74. The summed E-state index contributed by atoms with van der Waals surface area (Å²) in [5.74, 6) is -0.291. The highest BCUT2D eigenvalue weighted by atomic mass is 19.1. The third-order valence-corrected chi connectivity index (χ3v) is 3.98. The van der Waals surface area contributed by atoms with Gasteiger partial charge in [-0.3, -0.25) is 0 Å². The molecule has 1 aromatic rings. The third kappa shape index (κ3) is 2.57. The average molecular weight is 251 g/mol. The van der Waals surface area contributed by atoms with E-state index >= 15 is 0 Å². The zero-order valence-electron chi connectivity index (χ0n) is 11.4. The molecule has 100 valence electrons.